The molecule has 0 aliphatic heterocycles. The first kappa shape index (κ1) is 18.6. The van der Waals surface area contributed by atoms with Gasteiger partial charge in [0.05, 0.1) is 11.1 Å². The number of aryl methyl sites for hydroxylation is 1. The molecule has 0 aliphatic rings. The number of fused-ring (bicyclic) bond motifs is 1. The van der Waals surface area contributed by atoms with E-state index in [1.54, 1.807) is 30.1 Å². The lowest BCUT2D eigenvalue weighted by molar-refractivity contribution is -0.118. The van der Waals surface area contributed by atoms with Crippen molar-refractivity contribution >= 4 is 39.2 Å². The van der Waals surface area contributed by atoms with Crippen LogP contribution in [0.5, 0.6) is 0 Å². The molecule has 0 aliphatic carbocycles. The molecule has 0 fully saturated rings. The van der Waals surface area contributed by atoms with Gasteiger partial charge < -0.3 is 5.32 Å². The van der Waals surface area contributed by atoms with Crippen LogP contribution in [0.25, 0.3) is 21.3 Å². The van der Waals surface area contributed by atoms with E-state index in [9.17, 15) is 4.79 Å². The van der Waals surface area contributed by atoms with E-state index in [0.29, 0.717) is 12.3 Å². The highest BCUT2D eigenvalue weighted by molar-refractivity contribution is 8.00. The highest BCUT2D eigenvalue weighted by atomic mass is 32.2. The zero-order valence-electron chi connectivity index (χ0n) is 15.3. The van der Waals surface area contributed by atoms with Gasteiger partial charge in [0.2, 0.25) is 5.91 Å². The summed E-state index contributed by atoms with van der Waals surface area (Å²) in [4.78, 5) is 26.1. The normalized spacial score (nSPS) is 10.9. The number of carbonyl (C=O) groups excluding carboxylic acids is 1. The molecule has 0 unspecified atom stereocenters. The number of aromatic nitrogens is 3. The number of hydrogen-bond acceptors (Lipinski definition) is 6. The fourth-order valence-electron chi connectivity index (χ4n) is 2.79. The smallest absolute Gasteiger partial charge is 0.230 e. The molecule has 1 amide bonds. The van der Waals surface area contributed by atoms with Crippen molar-refractivity contribution in [2.75, 3.05) is 5.75 Å². The summed E-state index contributed by atoms with van der Waals surface area (Å²) in [6, 6.07) is 12.2. The Kier molecular flexibility index (Phi) is 5.64. The molecule has 28 heavy (non-hydrogen) atoms. The van der Waals surface area contributed by atoms with Crippen LogP contribution in [0, 0.1) is 6.92 Å². The largest absolute Gasteiger partial charge is 0.351 e. The molecule has 0 bridgehead atoms. The van der Waals surface area contributed by atoms with Crippen LogP contribution in [-0.4, -0.2) is 26.6 Å². The first-order chi connectivity index (χ1) is 13.7. The number of amides is 1. The zero-order valence-corrected chi connectivity index (χ0v) is 16.9. The number of nitrogens with zero attached hydrogens (tertiary/aromatic N) is 3. The third kappa shape index (κ3) is 4.21. The predicted octanol–water partition coefficient (Wildman–Crippen LogP) is 4.47. The van der Waals surface area contributed by atoms with E-state index in [1.165, 1.54) is 17.3 Å². The Hall–Kier alpha value is -2.77. The first-order valence-electron chi connectivity index (χ1n) is 8.78. The molecular weight excluding hydrogens is 388 g/mol. The Morgan fingerprint density at radius 1 is 1.18 bits per heavy atom. The molecule has 1 N–H and O–H groups in total. The number of carbonyl (C=O) groups is 1. The number of nitrogens with one attached hydrogen (secondary N) is 1. The maximum Gasteiger partial charge on any atom is 0.230 e. The van der Waals surface area contributed by atoms with E-state index in [0.717, 1.165) is 31.9 Å². The van der Waals surface area contributed by atoms with Gasteiger partial charge in [-0.1, -0.05) is 47.7 Å². The quantitative estimate of drug-likeness (QED) is 0.378. The zero-order chi connectivity index (χ0) is 19.3. The van der Waals surface area contributed by atoms with Crippen LogP contribution >= 0.6 is 23.1 Å². The number of rotatable bonds is 6. The maximum atomic E-state index is 12.3. The van der Waals surface area contributed by atoms with Crippen molar-refractivity contribution in [3.8, 4) is 11.1 Å². The third-order valence-electron chi connectivity index (χ3n) is 4.25. The molecule has 5 nitrogen and oxygen atoms in total. The molecule has 3 heterocycles. The molecule has 3 aromatic heterocycles. The second-order valence-electron chi connectivity index (χ2n) is 6.30. The van der Waals surface area contributed by atoms with Crippen molar-refractivity contribution in [3.63, 3.8) is 0 Å². The molecule has 4 rings (SSSR count). The minimum atomic E-state index is -0.0345. The van der Waals surface area contributed by atoms with Crippen LogP contribution in [0.2, 0.25) is 0 Å². The average Bonchev–Trinajstić information content (AvgIpc) is 3.17. The van der Waals surface area contributed by atoms with Gasteiger partial charge in [0, 0.05) is 29.9 Å². The fourth-order valence-corrected chi connectivity index (χ4v) is 4.61. The van der Waals surface area contributed by atoms with E-state index in [1.807, 2.05) is 12.1 Å². The molecule has 0 radical (unpaired) electrons. The van der Waals surface area contributed by atoms with Crippen LogP contribution in [0.3, 0.4) is 0 Å². The Morgan fingerprint density at radius 2 is 2.04 bits per heavy atom. The summed E-state index contributed by atoms with van der Waals surface area (Å²) < 4.78 is 0. The number of thiophene rings is 1. The number of benzene rings is 1. The summed E-state index contributed by atoms with van der Waals surface area (Å²) >= 11 is 3.03. The van der Waals surface area contributed by atoms with Crippen molar-refractivity contribution in [1.29, 1.82) is 0 Å². The molecule has 0 atom stereocenters. The van der Waals surface area contributed by atoms with E-state index in [-0.39, 0.29) is 5.91 Å². The Labute approximate surface area is 171 Å². The van der Waals surface area contributed by atoms with Crippen molar-refractivity contribution < 1.29 is 4.79 Å². The molecular formula is C21H18N4OS2. The van der Waals surface area contributed by atoms with Gasteiger partial charge in [-0.15, -0.1) is 11.3 Å². The van der Waals surface area contributed by atoms with Gasteiger partial charge in [0.1, 0.15) is 16.2 Å². The minimum absolute atomic E-state index is 0.0345. The summed E-state index contributed by atoms with van der Waals surface area (Å²) in [5, 5.41) is 6.88. The van der Waals surface area contributed by atoms with E-state index >= 15 is 0 Å². The van der Waals surface area contributed by atoms with Crippen LogP contribution in [0.15, 0.2) is 65.5 Å². The van der Waals surface area contributed by atoms with Gasteiger partial charge in [0.25, 0.3) is 0 Å². The standard InChI is InChI=1S/C21H18N4OS2/c1-14-4-6-16(7-5-14)17-11-27-20-19(17)21(25-13-24-20)28-12-18(26)23-10-15-3-2-8-22-9-15/h2-9,11,13H,10,12H2,1H3,(H,23,26). The van der Waals surface area contributed by atoms with Crippen LogP contribution < -0.4 is 5.32 Å². The summed E-state index contributed by atoms with van der Waals surface area (Å²) in [5.41, 5.74) is 4.44. The highest BCUT2D eigenvalue weighted by Gasteiger charge is 2.14. The predicted molar refractivity (Wildman–Crippen MR) is 114 cm³/mol. The highest BCUT2D eigenvalue weighted by Crippen LogP contribution is 2.37. The number of thioether (sulfide) groups is 1. The van der Waals surface area contributed by atoms with E-state index in [2.05, 4.69) is 56.8 Å². The summed E-state index contributed by atoms with van der Waals surface area (Å²) in [7, 11) is 0. The molecule has 1 aromatic carbocycles. The molecule has 0 spiro atoms. The SMILES string of the molecule is Cc1ccc(-c2csc3ncnc(SCC(=O)NCc4cccnc4)c23)cc1. The molecule has 4 aromatic rings. The minimum Gasteiger partial charge on any atom is -0.351 e. The molecule has 7 heteroatoms. The summed E-state index contributed by atoms with van der Waals surface area (Å²) in [6.07, 6.45) is 5.03. The topological polar surface area (TPSA) is 67.8 Å². The maximum absolute atomic E-state index is 12.3. The van der Waals surface area contributed by atoms with E-state index < -0.39 is 0 Å². The van der Waals surface area contributed by atoms with Crippen LogP contribution in [0.4, 0.5) is 0 Å². The fraction of sp³-hybridized carbons (Fsp3) is 0.143. The Morgan fingerprint density at radius 3 is 2.82 bits per heavy atom. The van der Waals surface area contributed by atoms with Gasteiger partial charge >= 0.3 is 0 Å². The van der Waals surface area contributed by atoms with Crippen molar-refractivity contribution in [1.82, 2.24) is 20.3 Å². The summed E-state index contributed by atoms with van der Waals surface area (Å²) in [5.74, 6) is 0.267. The van der Waals surface area contributed by atoms with Gasteiger partial charge in [-0.25, -0.2) is 9.97 Å². The van der Waals surface area contributed by atoms with Crippen molar-refractivity contribution in [3.05, 3.63) is 71.6 Å². The van der Waals surface area contributed by atoms with Crippen LogP contribution in [-0.2, 0) is 11.3 Å². The van der Waals surface area contributed by atoms with Crippen LogP contribution in [0.1, 0.15) is 11.1 Å². The van der Waals surface area contributed by atoms with Crippen molar-refractivity contribution in [2.45, 2.75) is 18.5 Å². The van der Waals surface area contributed by atoms with Crippen molar-refractivity contribution in [2.24, 2.45) is 0 Å². The third-order valence-corrected chi connectivity index (χ3v) is 6.13. The lowest BCUT2D eigenvalue weighted by Gasteiger charge is -2.07. The lowest BCUT2D eigenvalue weighted by Crippen LogP contribution is -2.24. The number of hydrogen-bond donors (Lipinski definition) is 1. The lowest BCUT2D eigenvalue weighted by atomic mass is 10.1. The Balaban J connectivity index is 1.50. The van der Waals surface area contributed by atoms with Gasteiger partial charge in [-0.2, -0.15) is 0 Å². The monoisotopic (exact) mass is 406 g/mol. The molecule has 140 valence electrons. The van der Waals surface area contributed by atoms with Gasteiger partial charge in [-0.3, -0.25) is 9.78 Å². The van der Waals surface area contributed by atoms with E-state index in [4.69, 9.17) is 0 Å². The first-order valence-corrected chi connectivity index (χ1v) is 10.6. The average molecular weight is 407 g/mol. The Bertz CT molecular complexity index is 1090. The van der Waals surface area contributed by atoms with Gasteiger partial charge in [0.15, 0.2) is 0 Å². The number of pyridine rings is 1. The summed E-state index contributed by atoms with van der Waals surface area (Å²) in [6.45, 7) is 2.55. The second kappa shape index (κ2) is 8.50. The second-order valence-corrected chi connectivity index (χ2v) is 8.12. The molecule has 0 saturated heterocycles. The molecule has 0 saturated carbocycles. The van der Waals surface area contributed by atoms with Gasteiger partial charge in [-0.05, 0) is 24.1 Å².